The molecule has 0 saturated carbocycles. The molecule has 4 nitrogen and oxygen atoms in total. The molecule has 0 spiro atoms. The largest absolute Gasteiger partial charge is 0.466 e. The van der Waals surface area contributed by atoms with Gasteiger partial charge in [0.05, 0.1) is 13.2 Å². The summed E-state index contributed by atoms with van der Waals surface area (Å²) in [5.74, 6) is 0.112. The Balaban J connectivity index is 2.36. The molecule has 4 heteroatoms. The van der Waals surface area contributed by atoms with Crippen molar-refractivity contribution in [1.29, 1.82) is 0 Å². The smallest absolute Gasteiger partial charge is 0.305 e. The molecule has 0 N–H and O–H groups in total. The van der Waals surface area contributed by atoms with Crippen molar-refractivity contribution in [2.24, 2.45) is 5.92 Å². The second-order valence-electron chi connectivity index (χ2n) is 4.33. The first kappa shape index (κ1) is 13.0. The molecule has 0 radical (unpaired) electrons. The molecule has 0 aromatic heterocycles. The normalized spacial score (nSPS) is 22.3. The van der Waals surface area contributed by atoms with Gasteiger partial charge < -0.3 is 9.47 Å². The zero-order chi connectivity index (χ0) is 11.8. The van der Waals surface area contributed by atoms with Crippen LogP contribution < -0.4 is 0 Å². The number of hydrogen-bond acceptors (Lipinski definition) is 4. The Bertz CT molecular complexity index is 213. The van der Waals surface area contributed by atoms with Crippen LogP contribution in [0.25, 0.3) is 0 Å². The molecule has 1 heterocycles. The molecule has 0 atom stereocenters. The average molecular weight is 228 g/mol. The molecule has 0 aliphatic carbocycles. The van der Waals surface area contributed by atoms with E-state index in [9.17, 15) is 9.59 Å². The van der Waals surface area contributed by atoms with Crippen LogP contribution in [0, 0.1) is 5.92 Å². The summed E-state index contributed by atoms with van der Waals surface area (Å²) in [7, 11) is 0. The summed E-state index contributed by atoms with van der Waals surface area (Å²) in [6.07, 6.45) is 3.88. The maximum absolute atomic E-state index is 11.2. The SMILES string of the molecule is CC1CCOC(=O)CCCCC(=O)OCC1. The van der Waals surface area contributed by atoms with Gasteiger partial charge in [-0.3, -0.25) is 9.59 Å². The Labute approximate surface area is 96.3 Å². The van der Waals surface area contributed by atoms with Crippen LogP contribution in [-0.4, -0.2) is 25.2 Å². The topological polar surface area (TPSA) is 52.6 Å². The van der Waals surface area contributed by atoms with E-state index >= 15 is 0 Å². The molecule has 1 rings (SSSR count). The maximum atomic E-state index is 11.2. The fourth-order valence-electron chi connectivity index (χ4n) is 1.58. The van der Waals surface area contributed by atoms with E-state index in [1.807, 2.05) is 0 Å². The molecule has 0 bridgehead atoms. The number of cyclic esters (lactones) is 2. The van der Waals surface area contributed by atoms with Crippen molar-refractivity contribution in [3.05, 3.63) is 0 Å². The number of carbonyl (C=O) groups is 2. The summed E-state index contributed by atoms with van der Waals surface area (Å²) in [6.45, 7) is 3.03. The molecular formula is C12H20O4. The molecule has 1 aliphatic heterocycles. The molecule has 1 saturated heterocycles. The van der Waals surface area contributed by atoms with Crippen LogP contribution in [0.3, 0.4) is 0 Å². The Morgan fingerprint density at radius 2 is 1.38 bits per heavy atom. The third kappa shape index (κ3) is 5.73. The van der Waals surface area contributed by atoms with Gasteiger partial charge in [-0.1, -0.05) is 6.92 Å². The minimum atomic E-state index is -0.153. The fourth-order valence-corrected chi connectivity index (χ4v) is 1.58. The molecule has 16 heavy (non-hydrogen) atoms. The van der Waals surface area contributed by atoms with Gasteiger partial charge in [0, 0.05) is 12.8 Å². The molecule has 0 aromatic carbocycles. The number of esters is 2. The van der Waals surface area contributed by atoms with Gasteiger partial charge in [-0.25, -0.2) is 0 Å². The minimum Gasteiger partial charge on any atom is -0.466 e. The number of ether oxygens (including phenoxy) is 2. The van der Waals surface area contributed by atoms with E-state index in [1.165, 1.54) is 0 Å². The summed E-state index contributed by atoms with van der Waals surface area (Å²) in [6, 6.07) is 0. The Morgan fingerprint density at radius 3 is 1.81 bits per heavy atom. The Kier molecular flexibility index (Phi) is 5.90. The molecule has 0 amide bonds. The summed E-state index contributed by atoms with van der Waals surface area (Å²) < 4.78 is 10.2. The number of hydrogen-bond donors (Lipinski definition) is 0. The van der Waals surface area contributed by atoms with E-state index in [0.29, 0.717) is 44.8 Å². The van der Waals surface area contributed by atoms with Crippen molar-refractivity contribution in [3.8, 4) is 0 Å². The monoisotopic (exact) mass is 228 g/mol. The van der Waals surface area contributed by atoms with Crippen LogP contribution in [-0.2, 0) is 19.1 Å². The highest BCUT2D eigenvalue weighted by atomic mass is 16.5. The highest BCUT2D eigenvalue weighted by Crippen LogP contribution is 2.10. The van der Waals surface area contributed by atoms with E-state index in [-0.39, 0.29) is 11.9 Å². The van der Waals surface area contributed by atoms with Crippen LogP contribution in [0.5, 0.6) is 0 Å². The van der Waals surface area contributed by atoms with Gasteiger partial charge in [0.15, 0.2) is 0 Å². The summed E-state index contributed by atoms with van der Waals surface area (Å²) in [4.78, 5) is 22.5. The lowest BCUT2D eigenvalue weighted by Crippen LogP contribution is -2.10. The first-order valence-corrected chi connectivity index (χ1v) is 5.99. The van der Waals surface area contributed by atoms with Crippen LogP contribution in [0.1, 0.15) is 45.4 Å². The standard InChI is InChI=1S/C12H20O4/c1-10-6-8-15-11(13)4-2-3-5-12(14)16-9-7-10/h10H,2-9H2,1H3. The van der Waals surface area contributed by atoms with Gasteiger partial charge in [0.1, 0.15) is 0 Å². The van der Waals surface area contributed by atoms with Crippen LogP contribution in [0.2, 0.25) is 0 Å². The molecule has 0 unspecified atom stereocenters. The van der Waals surface area contributed by atoms with Crippen LogP contribution >= 0.6 is 0 Å². The van der Waals surface area contributed by atoms with E-state index in [1.54, 1.807) is 0 Å². The van der Waals surface area contributed by atoms with E-state index in [4.69, 9.17) is 9.47 Å². The predicted octanol–water partition coefficient (Wildman–Crippen LogP) is 2.06. The van der Waals surface area contributed by atoms with Crippen molar-refractivity contribution in [1.82, 2.24) is 0 Å². The van der Waals surface area contributed by atoms with Crippen LogP contribution in [0.15, 0.2) is 0 Å². The lowest BCUT2D eigenvalue weighted by molar-refractivity contribution is -0.145. The first-order valence-electron chi connectivity index (χ1n) is 5.99. The van der Waals surface area contributed by atoms with Gasteiger partial charge in [0.2, 0.25) is 0 Å². The average Bonchev–Trinajstić information content (AvgIpc) is 2.24. The van der Waals surface area contributed by atoms with Crippen molar-refractivity contribution >= 4 is 11.9 Å². The third-order valence-electron chi connectivity index (χ3n) is 2.76. The lowest BCUT2D eigenvalue weighted by atomic mass is 10.1. The summed E-state index contributed by atoms with van der Waals surface area (Å²) >= 11 is 0. The third-order valence-corrected chi connectivity index (χ3v) is 2.76. The second-order valence-corrected chi connectivity index (χ2v) is 4.33. The van der Waals surface area contributed by atoms with E-state index in [0.717, 1.165) is 12.8 Å². The number of rotatable bonds is 0. The van der Waals surface area contributed by atoms with E-state index < -0.39 is 0 Å². The molecular weight excluding hydrogens is 208 g/mol. The van der Waals surface area contributed by atoms with Crippen molar-refractivity contribution in [2.45, 2.75) is 45.4 Å². The van der Waals surface area contributed by atoms with Crippen LogP contribution in [0.4, 0.5) is 0 Å². The van der Waals surface area contributed by atoms with Crippen molar-refractivity contribution < 1.29 is 19.1 Å². The summed E-state index contributed by atoms with van der Waals surface area (Å²) in [5, 5.41) is 0. The van der Waals surface area contributed by atoms with Gasteiger partial charge >= 0.3 is 11.9 Å². The lowest BCUT2D eigenvalue weighted by Gasteiger charge is -2.11. The van der Waals surface area contributed by atoms with Gasteiger partial charge in [-0.15, -0.1) is 0 Å². The Hall–Kier alpha value is -1.06. The van der Waals surface area contributed by atoms with E-state index in [2.05, 4.69) is 6.92 Å². The van der Waals surface area contributed by atoms with Crippen molar-refractivity contribution in [2.75, 3.05) is 13.2 Å². The van der Waals surface area contributed by atoms with Gasteiger partial charge in [0.25, 0.3) is 0 Å². The van der Waals surface area contributed by atoms with Gasteiger partial charge in [-0.05, 0) is 31.6 Å². The Morgan fingerprint density at radius 1 is 0.938 bits per heavy atom. The maximum Gasteiger partial charge on any atom is 0.305 e. The highest BCUT2D eigenvalue weighted by molar-refractivity contribution is 5.70. The van der Waals surface area contributed by atoms with Crippen molar-refractivity contribution in [3.63, 3.8) is 0 Å². The zero-order valence-electron chi connectivity index (χ0n) is 9.87. The fraction of sp³-hybridized carbons (Fsp3) is 0.833. The number of carbonyl (C=O) groups excluding carboxylic acids is 2. The molecule has 92 valence electrons. The second kappa shape index (κ2) is 7.25. The quantitative estimate of drug-likeness (QED) is 0.595. The molecule has 1 fully saturated rings. The predicted molar refractivity (Wildman–Crippen MR) is 58.8 cm³/mol. The highest BCUT2D eigenvalue weighted by Gasteiger charge is 2.10. The molecule has 0 aromatic rings. The zero-order valence-corrected chi connectivity index (χ0v) is 9.87. The minimum absolute atomic E-state index is 0.153. The first-order chi connectivity index (χ1) is 7.68. The van der Waals surface area contributed by atoms with Gasteiger partial charge in [-0.2, -0.15) is 0 Å². The summed E-state index contributed by atoms with van der Waals surface area (Å²) in [5.41, 5.74) is 0. The molecule has 1 aliphatic rings.